The fourth-order valence-corrected chi connectivity index (χ4v) is 3.25. The predicted molar refractivity (Wildman–Crippen MR) is 111 cm³/mol. The summed E-state index contributed by atoms with van der Waals surface area (Å²) in [5, 5.41) is 8.20. The van der Waals surface area contributed by atoms with Gasteiger partial charge in [-0.25, -0.2) is 9.37 Å². The molecule has 0 radical (unpaired) electrons. The van der Waals surface area contributed by atoms with E-state index in [0.29, 0.717) is 29.2 Å². The summed E-state index contributed by atoms with van der Waals surface area (Å²) >= 11 is 0. The van der Waals surface area contributed by atoms with Gasteiger partial charge in [0.2, 0.25) is 0 Å². The molecule has 1 N–H and O–H groups in total. The number of fused-ring (bicyclic) bond motifs is 1. The minimum absolute atomic E-state index is 0.297. The summed E-state index contributed by atoms with van der Waals surface area (Å²) in [5.74, 6) is 0.362. The van der Waals surface area contributed by atoms with Gasteiger partial charge in [0.15, 0.2) is 0 Å². The number of nitrogens with zero attached hydrogens (tertiary/aromatic N) is 4. The first kappa shape index (κ1) is 19.0. The van der Waals surface area contributed by atoms with Gasteiger partial charge < -0.3 is 9.84 Å². The molecule has 0 saturated carbocycles. The molecule has 0 spiro atoms. The van der Waals surface area contributed by atoms with Crippen LogP contribution < -0.4 is 5.32 Å². The largest absolute Gasteiger partial charge is 0.368 e. The molecule has 0 aliphatic heterocycles. The number of aromatic nitrogens is 3. The predicted octanol–water partition coefficient (Wildman–Crippen LogP) is 4.36. The Hall–Kier alpha value is -3.32. The number of benzene rings is 2. The van der Waals surface area contributed by atoms with Crippen molar-refractivity contribution in [2.24, 2.45) is 0 Å². The molecule has 2 heterocycles. The van der Waals surface area contributed by atoms with Crippen LogP contribution in [0.15, 0.2) is 65.4 Å². The number of hydrogen-bond acceptors (Lipinski definition) is 6. The summed E-state index contributed by atoms with van der Waals surface area (Å²) in [4.78, 5) is 10.9. The van der Waals surface area contributed by atoms with E-state index in [-0.39, 0.29) is 5.82 Å². The Kier molecular flexibility index (Phi) is 5.76. The summed E-state index contributed by atoms with van der Waals surface area (Å²) < 4.78 is 18.6. The van der Waals surface area contributed by atoms with Crippen molar-refractivity contribution in [1.82, 2.24) is 20.0 Å². The first-order chi connectivity index (χ1) is 14.2. The van der Waals surface area contributed by atoms with Crippen LogP contribution in [-0.4, -0.2) is 39.7 Å². The maximum absolute atomic E-state index is 13.3. The topological polar surface area (TPSA) is 67.1 Å². The van der Waals surface area contributed by atoms with Crippen molar-refractivity contribution in [3.8, 4) is 11.3 Å². The molecule has 2 aromatic heterocycles. The second-order valence-corrected chi connectivity index (χ2v) is 6.72. The Morgan fingerprint density at radius 1 is 1.03 bits per heavy atom. The van der Waals surface area contributed by atoms with Gasteiger partial charge in [0.05, 0.1) is 0 Å². The second-order valence-electron chi connectivity index (χ2n) is 6.72. The summed E-state index contributed by atoms with van der Waals surface area (Å²) in [7, 11) is 0. The average molecular weight is 391 g/mol. The molecule has 0 unspecified atom stereocenters. The van der Waals surface area contributed by atoms with Gasteiger partial charge in [-0.15, -0.1) is 0 Å². The third-order valence-corrected chi connectivity index (χ3v) is 4.81. The number of anilines is 1. The molecule has 0 bridgehead atoms. The highest BCUT2D eigenvalue weighted by Crippen LogP contribution is 2.31. The third-order valence-electron chi connectivity index (χ3n) is 4.81. The number of rotatable bonds is 8. The Morgan fingerprint density at radius 2 is 1.83 bits per heavy atom. The zero-order valence-electron chi connectivity index (χ0n) is 16.2. The monoisotopic (exact) mass is 391 g/mol. The van der Waals surface area contributed by atoms with Crippen molar-refractivity contribution >= 4 is 16.9 Å². The molecule has 4 rings (SSSR count). The highest BCUT2D eigenvalue weighted by atomic mass is 19.1. The van der Waals surface area contributed by atoms with E-state index < -0.39 is 0 Å². The number of halogens is 1. The van der Waals surface area contributed by atoms with Crippen LogP contribution in [0, 0.1) is 5.82 Å². The highest BCUT2D eigenvalue weighted by molar-refractivity contribution is 5.97. The van der Waals surface area contributed by atoms with E-state index in [4.69, 9.17) is 4.52 Å². The maximum atomic E-state index is 13.3. The lowest BCUT2D eigenvalue weighted by atomic mass is 10.1. The molecule has 148 valence electrons. The van der Waals surface area contributed by atoms with Gasteiger partial charge in [-0.05, 0) is 36.4 Å². The first-order valence-corrected chi connectivity index (χ1v) is 9.61. The van der Waals surface area contributed by atoms with Crippen LogP contribution in [0.3, 0.4) is 0 Å². The van der Waals surface area contributed by atoms with E-state index in [1.807, 2.05) is 6.07 Å². The maximum Gasteiger partial charge on any atom is 0.263 e. The SMILES string of the molecule is CCN(CCNc1ncnc2onc(-c3ccc(F)cc3)c12)Cc1ccccc1. The third kappa shape index (κ3) is 4.41. The van der Waals surface area contributed by atoms with Crippen molar-refractivity contribution in [2.45, 2.75) is 13.5 Å². The van der Waals surface area contributed by atoms with Crippen molar-refractivity contribution < 1.29 is 8.91 Å². The van der Waals surface area contributed by atoms with Gasteiger partial charge in [-0.3, -0.25) is 4.90 Å². The van der Waals surface area contributed by atoms with E-state index in [9.17, 15) is 4.39 Å². The molecule has 0 aliphatic carbocycles. The molecular weight excluding hydrogens is 369 g/mol. The lowest BCUT2D eigenvalue weighted by Crippen LogP contribution is -2.28. The summed E-state index contributed by atoms with van der Waals surface area (Å²) in [5.41, 5.74) is 3.04. The average Bonchev–Trinajstić information content (AvgIpc) is 3.19. The molecule has 4 aromatic rings. The van der Waals surface area contributed by atoms with Crippen molar-refractivity contribution in [3.63, 3.8) is 0 Å². The smallest absolute Gasteiger partial charge is 0.263 e. The zero-order chi connectivity index (χ0) is 20.1. The van der Waals surface area contributed by atoms with E-state index in [1.54, 1.807) is 12.1 Å². The molecule has 0 fully saturated rings. The molecule has 0 saturated heterocycles. The molecule has 2 aromatic carbocycles. The molecule has 6 nitrogen and oxygen atoms in total. The molecular formula is C22H22FN5O. The number of hydrogen-bond donors (Lipinski definition) is 1. The fourth-order valence-electron chi connectivity index (χ4n) is 3.25. The quantitative estimate of drug-likeness (QED) is 0.481. The van der Waals surface area contributed by atoms with E-state index >= 15 is 0 Å². The Balaban J connectivity index is 1.49. The lowest BCUT2D eigenvalue weighted by Gasteiger charge is -2.20. The normalized spacial score (nSPS) is 11.3. The Morgan fingerprint density at radius 3 is 2.59 bits per heavy atom. The zero-order valence-corrected chi connectivity index (χ0v) is 16.2. The molecule has 7 heteroatoms. The van der Waals surface area contributed by atoms with Crippen molar-refractivity contribution in [2.75, 3.05) is 25.0 Å². The van der Waals surface area contributed by atoms with Crippen LogP contribution in [0.5, 0.6) is 0 Å². The number of nitrogens with one attached hydrogen (secondary N) is 1. The van der Waals surface area contributed by atoms with Crippen LogP contribution in [0.4, 0.5) is 10.2 Å². The summed E-state index contributed by atoms with van der Waals surface area (Å²) in [6, 6.07) is 16.5. The molecule has 0 amide bonds. The van der Waals surface area contributed by atoms with Gasteiger partial charge in [-0.1, -0.05) is 42.4 Å². The minimum Gasteiger partial charge on any atom is -0.368 e. The lowest BCUT2D eigenvalue weighted by molar-refractivity contribution is 0.291. The first-order valence-electron chi connectivity index (χ1n) is 9.61. The van der Waals surface area contributed by atoms with Crippen molar-refractivity contribution in [1.29, 1.82) is 0 Å². The van der Waals surface area contributed by atoms with Crippen LogP contribution in [0.2, 0.25) is 0 Å². The molecule has 0 aliphatic rings. The number of likely N-dealkylation sites (N-methyl/N-ethyl adjacent to an activating group) is 1. The molecule has 0 atom stereocenters. The fraction of sp³-hybridized carbons (Fsp3) is 0.227. The Bertz CT molecular complexity index is 1070. The minimum atomic E-state index is -0.297. The standard InChI is InChI=1S/C22H22FN5O/c1-2-28(14-16-6-4-3-5-7-16)13-12-24-21-19-20(17-8-10-18(23)11-9-17)27-29-22(19)26-15-25-21/h3-11,15H,2,12-14H2,1H3,(H,24,25,26). The van der Waals surface area contributed by atoms with Crippen LogP contribution >= 0.6 is 0 Å². The highest BCUT2D eigenvalue weighted by Gasteiger charge is 2.17. The van der Waals surface area contributed by atoms with Gasteiger partial charge in [0.25, 0.3) is 5.71 Å². The molecule has 29 heavy (non-hydrogen) atoms. The van der Waals surface area contributed by atoms with Crippen LogP contribution in [0.25, 0.3) is 22.4 Å². The van der Waals surface area contributed by atoms with Gasteiger partial charge in [-0.2, -0.15) is 4.98 Å². The van der Waals surface area contributed by atoms with Gasteiger partial charge >= 0.3 is 0 Å². The second kappa shape index (κ2) is 8.79. The van der Waals surface area contributed by atoms with Crippen LogP contribution in [-0.2, 0) is 6.54 Å². The van der Waals surface area contributed by atoms with E-state index in [1.165, 1.54) is 24.0 Å². The Labute approximate surface area is 168 Å². The van der Waals surface area contributed by atoms with Crippen molar-refractivity contribution in [3.05, 3.63) is 72.3 Å². The van der Waals surface area contributed by atoms with E-state index in [0.717, 1.165) is 25.2 Å². The van der Waals surface area contributed by atoms with E-state index in [2.05, 4.69) is 56.5 Å². The van der Waals surface area contributed by atoms with Crippen LogP contribution in [0.1, 0.15) is 12.5 Å². The summed E-state index contributed by atoms with van der Waals surface area (Å²) in [6.07, 6.45) is 1.45. The summed E-state index contributed by atoms with van der Waals surface area (Å²) in [6.45, 7) is 5.56. The van der Waals surface area contributed by atoms with Gasteiger partial charge in [0.1, 0.15) is 29.0 Å². The van der Waals surface area contributed by atoms with Gasteiger partial charge in [0, 0.05) is 25.2 Å².